The van der Waals surface area contributed by atoms with E-state index in [-0.39, 0.29) is 0 Å². The zero-order chi connectivity index (χ0) is 11.5. The Balaban J connectivity index is 2.30. The molecular weight excluding hydrogens is 270 g/mol. The summed E-state index contributed by atoms with van der Waals surface area (Å²) in [4.78, 5) is 4.20. The van der Waals surface area contributed by atoms with Crippen molar-refractivity contribution in [2.24, 2.45) is 7.05 Å². The topological polar surface area (TPSA) is 39.1 Å². The summed E-state index contributed by atoms with van der Waals surface area (Å²) in [5.74, 6) is 1.59. The van der Waals surface area contributed by atoms with Crippen molar-refractivity contribution in [3.63, 3.8) is 0 Å². The molecule has 1 heterocycles. The van der Waals surface area contributed by atoms with Crippen LogP contribution in [0.2, 0.25) is 0 Å². The Hall–Kier alpha value is -1.49. The van der Waals surface area contributed by atoms with Gasteiger partial charge in [-0.3, -0.25) is 0 Å². The summed E-state index contributed by atoms with van der Waals surface area (Å²) < 4.78 is 8.05. The molecule has 0 atom stereocenters. The van der Waals surface area contributed by atoms with Crippen LogP contribution in [-0.2, 0) is 7.05 Å². The predicted octanol–water partition coefficient (Wildman–Crippen LogP) is 2.93. The first-order valence-corrected chi connectivity index (χ1v) is 5.58. The van der Waals surface area contributed by atoms with Crippen LogP contribution in [0.5, 0.6) is 5.75 Å². The maximum atomic E-state index is 5.17. The van der Waals surface area contributed by atoms with E-state index in [0.29, 0.717) is 0 Å². The Morgan fingerprint density at radius 3 is 2.88 bits per heavy atom. The van der Waals surface area contributed by atoms with E-state index < -0.39 is 0 Å². The maximum absolute atomic E-state index is 5.17. The molecule has 84 valence electrons. The summed E-state index contributed by atoms with van der Waals surface area (Å²) in [7, 11) is 3.58. The van der Waals surface area contributed by atoms with Crippen LogP contribution in [0.25, 0.3) is 0 Å². The largest absolute Gasteiger partial charge is 0.497 e. The van der Waals surface area contributed by atoms with E-state index in [9.17, 15) is 0 Å². The van der Waals surface area contributed by atoms with Crippen LogP contribution in [0.4, 0.5) is 11.6 Å². The molecule has 0 saturated heterocycles. The Morgan fingerprint density at radius 2 is 2.25 bits per heavy atom. The van der Waals surface area contributed by atoms with Crippen molar-refractivity contribution in [1.29, 1.82) is 0 Å². The third-order valence-corrected chi connectivity index (χ3v) is 2.93. The Kier molecular flexibility index (Phi) is 3.14. The third-order valence-electron chi connectivity index (χ3n) is 2.24. The minimum absolute atomic E-state index is 0.786. The summed E-state index contributed by atoms with van der Waals surface area (Å²) in [6.07, 6.45) is 3.63. The molecule has 0 amide bonds. The number of hydrogen-bond acceptors (Lipinski definition) is 3. The van der Waals surface area contributed by atoms with Gasteiger partial charge in [0.15, 0.2) is 0 Å². The molecule has 0 radical (unpaired) electrons. The number of aryl methyl sites for hydroxylation is 1. The summed E-state index contributed by atoms with van der Waals surface area (Å²) in [6, 6.07) is 5.75. The molecule has 2 aromatic rings. The highest BCUT2D eigenvalue weighted by molar-refractivity contribution is 9.10. The first-order valence-electron chi connectivity index (χ1n) is 4.78. The van der Waals surface area contributed by atoms with Crippen molar-refractivity contribution in [3.05, 3.63) is 35.1 Å². The lowest BCUT2D eigenvalue weighted by Crippen LogP contribution is -1.99. The van der Waals surface area contributed by atoms with Crippen molar-refractivity contribution in [1.82, 2.24) is 9.55 Å². The van der Waals surface area contributed by atoms with Crippen molar-refractivity contribution >= 4 is 27.6 Å². The highest BCUT2D eigenvalue weighted by atomic mass is 79.9. The fraction of sp³-hybridized carbons (Fsp3) is 0.182. The summed E-state index contributed by atoms with van der Waals surface area (Å²) >= 11 is 3.47. The number of nitrogens with one attached hydrogen (secondary N) is 1. The highest BCUT2D eigenvalue weighted by Crippen LogP contribution is 2.29. The average molecular weight is 282 g/mol. The average Bonchev–Trinajstić information content (AvgIpc) is 2.68. The predicted molar refractivity (Wildman–Crippen MR) is 67.2 cm³/mol. The Morgan fingerprint density at radius 1 is 1.44 bits per heavy atom. The molecule has 5 heteroatoms. The van der Waals surface area contributed by atoms with Crippen molar-refractivity contribution < 1.29 is 4.74 Å². The van der Waals surface area contributed by atoms with Gasteiger partial charge in [-0.2, -0.15) is 0 Å². The van der Waals surface area contributed by atoms with Crippen LogP contribution in [0.3, 0.4) is 0 Å². The molecule has 0 aliphatic heterocycles. The summed E-state index contributed by atoms with van der Waals surface area (Å²) in [6.45, 7) is 0. The standard InChI is InChI=1S/C11H12BrN3O/c1-15-6-5-13-11(15)14-10-7-8(16-2)3-4-9(10)12/h3-7H,1-2H3,(H,13,14). The number of imidazole rings is 1. The van der Waals surface area contributed by atoms with Crippen molar-refractivity contribution in [3.8, 4) is 5.75 Å². The van der Waals surface area contributed by atoms with Crippen LogP contribution in [-0.4, -0.2) is 16.7 Å². The zero-order valence-corrected chi connectivity index (χ0v) is 10.7. The van der Waals surface area contributed by atoms with Crippen LogP contribution < -0.4 is 10.1 Å². The van der Waals surface area contributed by atoms with Crippen LogP contribution in [0, 0.1) is 0 Å². The second-order valence-electron chi connectivity index (χ2n) is 3.33. The molecular formula is C11H12BrN3O. The molecule has 0 fully saturated rings. The first-order chi connectivity index (χ1) is 7.70. The van der Waals surface area contributed by atoms with E-state index in [1.807, 2.05) is 36.0 Å². The summed E-state index contributed by atoms with van der Waals surface area (Å²) in [5, 5.41) is 3.22. The van der Waals surface area contributed by atoms with E-state index in [1.165, 1.54) is 0 Å². The van der Waals surface area contributed by atoms with E-state index in [4.69, 9.17) is 4.74 Å². The number of aromatic nitrogens is 2. The second-order valence-corrected chi connectivity index (χ2v) is 4.19. The van der Waals surface area contributed by atoms with Gasteiger partial charge in [-0.25, -0.2) is 4.98 Å². The monoisotopic (exact) mass is 281 g/mol. The number of rotatable bonds is 3. The van der Waals surface area contributed by atoms with Gasteiger partial charge in [0, 0.05) is 30.0 Å². The molecule has 4 nitrogen and oxygen atoms in total. The van der Waals surface area contributed by atoms with E-state index in [2.05, 4.69) is 26.2 Å². The van der Waals surface area contributed by atoms with Crippen LogP contribution >= 0.6 is 15.9 Å². The normalized spacial score (nSPS) is 10.2. The SMILES string of the molecule is COc1ccc(Br)c(Nc2nccn2C)c1. The molecule has 1 aromatic heterocycles. The van der Waals surface area contributed by atoms with E-state index >= 15 is 0 Å². The van der Waals surface area contributed by atoms with Crippen LogP contribution in [0.15, 0.2) is 35.1 Å². The Bertz CT molecular complexity index is 496. The van der Waals surface area contributed by atoms with Gasteiger partial charge in [0.2, 0.25) is 5.95 Å². The molecule has 0 aliphatic carbocycles. The molecule has 0 saturated carbocycles. The fourth-order valence-corrected chi connectivity index (χ4v) is 1.68. The smallest absolute Gasteiger partial charge is 0.207 e. The van der Waals surface area contributed by atoms with Gasteiger partial charge in [-0.1, -0.05) is 0 Å². The first kappa shape index (κ1) is 11.0. The molecule has 0 unspecified atom stereocenters. The lowest BCUT2D eigenvalue weighted by atomic mass is 10.3. The zero-order valence-electron chi connectivity index (χ0n) is 9.07. The van der Waals surface area contributed by atoms with Gasteiger partial charge in [-0.15, -0.1) is 0 Å². The van der Waals surface area contributed by atoms with Crippen LogP contribution in [0.1, 0.15) is 0 Å². The Labute approximate surface area is 102 Å². The summed E-state index contributed by atoms with van der Waals surface area (Å²) in [5.41, 5.74) is 0.925. The minimum atomic E-state index is 0.786. The van der Waals surface area contributed by atoms with Gasteiger partial charge in [0.25, 0.3) is 0 Å². The van der Waals surface area contributed by atoms with E-state index in [0.717, 1.165) is 21.9 Å². The van der Waals surface area contributed by atoms with Crippen molar-refractivity contribution in [2.45, 2.75) is 0 Å². The highest BCUT2D eigenvalue weighted by Gasteiger charge is 2.05. The second kappa shape index (κ2) is 4.57. The minimum Gasteiger partial charge on any atom is -0.497 e. The third kappa shape index (κ3) is 2.19. The van der Waals surface area contributed by atoms with Gasteiger partial charge >= 0.3 is 0 Å². The molecule has 0 bridgehead atoms. The lowest BCUT2D eigenvalue weighted by Gasteiger charge is -2.09. The molecule has 2 rings (SSSR count). The lowest BCUT2D eigenvalue weighted by molar-refractivity contribution is 0.415. The fourth-order valence-electron chi connectivity index (χ4n) is 1.33. The van der Waals surface area contributed by atoms with Crippen molar-refractivity contribution in [2.75, 3.05) is 12.4 Å². The molecule has 1 aromatic carbocycles. The van der Waals surface area contributed by atoms with Gasteiger partial charge in [0.05, 0.1) is 12.8 Å². The number of ether oxygens (including phenoxy) is 1. The number of nitrogens with zero attached hydrogens (tertiary/aromatic N) is 2. The number of methoxy groups -OCH3 is 1. The number of halogens is 1. The van der Waals surface area contributed by atoms with Gasteiger partial charge < -0.3 is 14.6 Å². The molecule has 0 aliphatic rings. The number of hydrogen-bond donors (Lipinski definition) is 1. The number of anilines is 2. The molecule has 16 heavy (non-hydrogen) atoms. The number of benzene rings is 1. The van der Waals surface area contributed by atoms with Gasteiger partial charge in [-0.05, 0) is 28.1 Å². The molecule has 1 N–H and O–H groups in total. The van der Waals surface area contributed by atoms with Gasteiger partial charge in [0.1, 0.15) is 5.75 Å². The quantitative estimate of drug-likeness (QED) is 0.940. The van der Waals surface area contributed by atoms with E-state index in [1.54, 1.807) is 13.3 Å². The molecule has 0 spiro atoms. The maximum Gasteiger partial charge on any atom is 0.207 e.